The summed E-state index contributed by atoms with van der Waals surface area (Å²) < 4.78 is 0. The van der Waals surface area contributed by atoms with Gasteiger partial charge in [-0.05, 0) is 55.7 Å². The highest BCUT2D eigenvalue weighted by Gasteiger charge is 2.32. The summed E-state index contributed by atoms with van der Waals surface area (Å²) in [5.41, 5.74) is 1.04. The zero-order valence-corrected chi connectivity index (χ0v) is 19.0. The molecule has 32 heavy (non-hydrogen) atoms. The van der Waals surface area contributed by atoms with E-state index in [1.54, 1.807) is 50.2 Å². The molecule has 0 saturated carbocycles. The minimum atomic E-state index is -1.62. The van der Waals surface area contributed by atoms with Gasteiger partial charge in [0.2, 0.25) is 6.04 Å². The Kier molecular flexibility index (Phi) is 7.93. The number of halogens is 2. The first kappa shape index (κ1) is 24.8. The second-order valence-electron chi connectivity index (χ2n) is 6.97. The van der Waals surface area contributed by atoms with Gasteiger partial charge in [-0.3, -0.25) is 4.79 Å². The molecule has 0 radical (unpaired) electrons. The molecule has 0 spiro atoms. The average Bonchev–Trinajstić information content (AvgIpc) is 2.76. The van der Waals surface area contributed by atoms with Crippen molar-refractivity contribution < 1.29 is 14.7 Å². The Labute approximate surface area is 195 Å². The van der Waals surface area contributed by atoms with Gasteiger partial charge in [0.1, 0.15) is 11.5 Å². The fraction of sp³-hybridized carbons (Fsp3) is 0.273. The Hall–Kier alpha value is -3.46. The molecule has 2 amide bonds. The third kappa shape index (κ3) is 5.05. The molecule has 2 aromatic carbocycles. The summed E-state index contributed by atoms with van der Waals surface area (Å²) in [6, 6.07) is 12.3. The highest BCUT2D eigenvalue weighted by Crippen LogP contribution is 2.39. The van der Waals surface area contributed by atoms with Crippen LogP contribution in [0.5, 0.6) is 0 Å². The number of azo groups is 1. The van der Waals surface area contributed by atoms with Gasteiger partial charge >= 0.3 is 6.09 Å². The molecule has 0 aliphatic carbocycles. The number of carbonyl (C=O) groups excluding carboxylic acids is 1. The SMILES string of the molecule is CCN(C(=O)O)C(=O)C(C#N)N=Nc1cc(Cl)c(C(C)(C#N)c2ccc(Cl)cc2)cc1C. The highest BCUT2D eigenvalue weighted by atomic mass is 35.5. The van der Waals surface area contributed by atoms with Gasteiger partial charge in [-0.15, -0.1) is 0 Å². The second kappa shape index (κ2) is 10.2. The molecule has 0 saturated heterocycles. The van der Waals surface area contributed by atoms with Crippen LogP contribution < -0.4 is 0 Å². The maximum absolute atomic E-state index is 12.2. The molecule has 2 atom stereocenters. The smallest absolute Gasteiger partial charge is 0.414 e. The quantitative estimate of drug-likeness (QED) is 0.544. The van der Waals surface area contributed by atoms with Crippen molar-refractivity contribution in [2.24, 2.45) is 10.2 Å². The van der Waals surface area contributed by atoms with E-state index in [1.165, 1.54) is 13.0 Å². The van der Waals surface area contributed by atoms with E-state index < -0.39 is 23.5 Å². The lowest BCUT2D eigenvalue weighted by Crippen LogP contribution is -2.41. The maximum atomic E-state index is 12.2. The summed E-state index contributed by atoms with van der Waals surface area (Å²) in [4.78, 5) is 23.8. The Morgan fingerprint density at radius 3 is 2.34 bits per heavy atom. The minimum Gasteiger partial charge on any atom is -0.465 e. The summed E-state index contributed by atoms with van der Waals surface area (Å²) in [5.74, 6) is -0.994. The first-order chi connectivity index (χ1) is 15.1. The van der Waals surface area contributed by atoms with Crippen LogP contribution in [-0.2, 0) is 10.2 Å². The Morgan fingerprint density at radius 2 is 1.84 bits per heavy atom. The number of hydrogen-bond donors (Lipinski definition) is 1. The van der Waals surface area contributed by atoms with Crippen LogP contribution in [0.4, 0.5) is 10.5 Å². The fourth-order valence-corrected chi connectivity index (χ4v) is 3.48. The Balaban J connectivity index is 2.43. The molecule has 1 N–H and O–H groups in total. The zero-order valence-electron chi connectivity index (χ0n) is 17.5. The monoisotopic (exact) mass is 471 g/mol. The van der Waals surface area contributed by atoms with Crippen LogP contribution in [0.3, 0.4) is 0 Å². The van der Waals surface area contributed by atoms with Crippen molar-refractivity contribution in [2.75, 3.05) is 6.54 Å². The number of benzene rings is 2. The van der Waals surface area contributed by atoms with E-state index in [2.05, 4.69) is 16.3 Å². The van der Waals surface area contributed by atoms with Crippen LogP contribution in [-0.4, -0.2) is 34.6 Å². The van der Waals surface area contributed by atoms with Crippen LogP contribution in [0.2, 0.25) is 10.0 Å². The summed E-state index contributed by atoms with van der Waals surface area (Å²) >= 11 is 12.4. The van der Waals surface area contributed by atoms with Crippen molar-refractivity contribution in [3.8, 4) is 12.1 Å². The van der Waals surface area contributed by atoms with E-state index in [9.17, 15) is 20.1 Å². The van der Waals surface area contributed by atoms with Crippen LogP contribution >= 0.6 is 23.2 Å². The first-order valence-electron chi connectivity index (χ1n) is 9.41. The van der Waals surface area contributed by atoms with Crippen LogP contribution in [0.25, 0.3) is 0 Å². The molecule has 8 nitrogen and oxygen atoms in total. The molecule has 0 aliphatic rings. The van der Waals surface area contributed by atoms with Crippen molar-refractivity contribution in [2.45, 2.75) is 32.2 Å². The summed E-state index contributed by atoms with van der Waals surface area (Å²) in [6.07, 6.45) is -1.48. The molecule has 0 heterocycles. The molecule has 2 unspecified atom stereocenters. The number of nitrogens with zero attached hydrogens (tertiary/aromatic N) is 5. The standard InChI is InChI=1S/C22H19Cl2N5O3/c1-4-29(21(31)32)20(30)19(11-25)28-27-18-10-17(24)16(9-13(18)2)22(3,12-26)14-5-7-15(23)8-6-14/h5-10,19H,4H2,1-3H3,(H,31,32). The van der Waals surface area contributed by atoms with E-state index in [4.69, 9.17) is 28.3 Å². The molecular weight excluding hydrogens is 453 g/mol. The predicted octanol–water partition coefficient (Wildman–Crippen LogP) is 5.63. The average molecular weight is 472 g/mol. The van der Waals surface area contributed by atoms with E-state index in [1.807, 2.05) is 0 Å². The van der Waals surface area contributed by atoms with Gasteiger partial charge in [-0.1, -0.05) is 41.4 Å². The van der Waals surface area contributed by atoms with E-state index in [0.29, 0.717) is 26.6 Å². The number of likely N-dealkylation sites (N-methyl/N-ethyl adjacent to an activating group) is 1. The predicted molar refractivity (Wildman–Crippen MR) is 119 cm³/mol. The first-order valence-corrected chi connectivity index (χ1v) is 10.2. The fourth-order valence-electron chi connectivity index (χ4n) is 3.01. The van der Waals surface area contributed by atoms with Gasteiger partial charge in [0.15, 0.2) is 0 Å². The van der Waals surface area contributed by atoms with Gasteiger partial charge in [0, 0.05) is 16.6 Å². The van der Waals surface area contributed by atoms with E-state index >= 15 is 0 Å². The Morgan fingerprint density at radius 1 is 1.22 bits per heavy atom. The lowest BCUT2D eigenvalue weighted by atomic mass is 9.77. The number of carbonyl (C=O) groups is 2. The number of imide groups is 1. The lowest BCUT2D eigenvalue weighted by molar-refractivity contribution is -0.129. The van der Waals surface area contributed by atoms with Crippen molar-refractivity contribution in [1.82, 2.24) is 4.90 Å². The molecule has 2 rings (SSSR count). The molecular formula is C22H19Cl2N5O3. The number of nitriles is 2. The number of hydrogen-bond acceptors (Lipinski definition) is 6. The third-order valence-electron chi connectivity index (χ3n) is 4.92. The number of rotatable bonds is 6. The van der Waals surface area contributed by atoms with Gasteiger partial charge in [0.25, 0.3) is 5.91 Å². The third-order valence-corrected chi connectivity index (χ3v) is 5.48. The summed E-state index contributed by atoms with van der Waals surface area (Å²) in [6.45, 7) is 4.78. The van der Waals surface area contributed by atoms with Gasteiger partial charge < -0.3 is 5.11 Å². The lowest BCUT2D eigenvalue weighted by Gasteiger charge is -2.25. The van der Waals surface area contributed by atoms with Crippen LogP contribution in [0.15, 0.2) is 46.6 Å². The molecule has 0 aromatic heterocycles. The molecule has 0 aliphatic heterocycles. The molecule has 164 valence electrons. The van der Waals surface area contributed by atoms with Gasteiger partial charge in [0.05, 0.1) is 11.8 Å². The van der Waals surface area contributed by atoms with E-state index in [0.717, 1.165) is 0 Å². The topological polar surface area (TPSA) is 130 Å². The maximum Gasteiger partial charge on any atom is 0.414 e. The minimum absolute atomic E-state index is 0.126. The number of aryl methyl sites for hydroxylation is 1. The Bertz CT molecular complexity index is 1150. The van der Waals surface area contributed by atoms with E-state index in [-0.39, 0.29) is 17.3 Å². The largest absolute Gasteiger partial charge is 0.465 e. The molecule has 0 fully saturated rings. The van der Waals surface area contributed by atoms with Gasteiger partial charge in [-0.2, -0.15) is 20.8 Å². The zero-order chi connectivity index (χ0) is 24.1. The second-order valence-corrected chi connectivity index (χ2v) is 7.82. The van der Waals surface area contributed by atoms with Crippen molar-refractivity contribution in [1.29, 1.82) is 10.5 Å². The van der Waals surface area contributed by atoms with Crippen molar-refractivity contribution >= 4 is 40.9 Å². The van der Waals surface area contributed by atoms with Crippen LogP contribution in [0.1, 0.15) is 30.5 Å². The number of carboxylic acid groups (broad SMARTS) is 1. The van der Waals surface area contributed by atoms with Crippen molar-refractivity contribution in [3.63, 3.8) is 0 Å². The number of amides is 2. The molecule has 10 heteroatoms. The van der Waals surface area contributed by atoms with Gasteiger partial charge in [-0.25, -0.2) is 9.69 Å². The normalized spacial score (nSPS) is 13.6. The highest BCUT2D eigenvalue weighted by molar-refractivity contribution is 6.32. The summed E-state index contributed by atoms with van der Waals surface area (Å²) in [7, 11) is 0. The summed E-state index contributed by atoms with van der Waals surface area (Å²) in [5, 5.41) is 36.7. The molecule has 2 aromatic rings. The van der Waals surface area contributed by atoms with Crippen LogP contribution in [0, 0.1) is 29.6 Å². The van der Waals surface area contributed by atoms with Crippen molar-refractivity contribution in [3.05, 3.63) is 63.1 Å². The molecule has 0 bridgehead atoms.